The van der Waals surface area contributed by atoms with Gasteiger partial charge in [-0.2, -0.15) is 0 Å². The highest BCUT2D eigenvalue weighted by atomic mass is 35.5. The molecular weight excluding hydrogens is 656 g/mol. The lowest BCUT2D eigenvalue weighted by Crippen LogP contribution is -2.25. The second-order valence-electron chi connectivity index (χ2n) is 11.6. The summed E-state index contributed by atoms with van der Waals surface area (Å²) in [4.78, 5) is 0. The number of hydrogen-bond acceptors (Lipinski definition) is 3. The number of nitrogens with one attached hydrogen (secondary N) is 2. The van der Waals surface area contributed by atoms with Crippen LogP contribution in [0.3, 0.4) is 0 Å². The molecule has 3 nitrogen and oxygen atoms in total. The molecule has 0 spiro atoms. The van der Waals surface area contributed by atoms with E-state index < -0.39 is 5.82 Å². The summed E-state index contributed by atoms with van der Waals surface area (Å²) in [6.07, 6.45) is 14.0. The van der Waals surface area contributed by atoms with Gasteiger partial charge in [-0.15, -0.1) is 0 Å². The van der Waals surface area contributed by atoms with Crippen molar-refractivity contribution in [3.05, 3.63) is 185 Å². The van der Waals surface area contributed by atoms with E-state index in [1.54, 1.807) is 12.1 Å². The average molecular weight is 708 g/mol. The fourth-order valence-corrected chi connectivity index (χ4v) is 6.35. The standard InChI is InChI=1S/C34H41N2P.C8H6ClF.C2H5N/c1-5-6-8-23-33(35-2)26-31-21-13-19-28(24-31)15-11-12-16-29-20-14-22-32(25-29)34(37(3)4)36-27-30-17-9-7-10-18-30;1-2-6-3-4-8(10)7(9)5-6;1-2-3/h5-10,13-14,17-25,33-36H,12,16,26-27H2,1-4H3;2-5H,1H2;2H,1,3H2/b6-5+,23-8+;;. The Morgan fingerprint density at radius 3 is 2.26 bits per heavy atom. The normalized spacial score (nSPS) is 11.8. The molecule has 50 heavy (non-hydrogen) atoms. The predicted octanol–water partition coefficient (Wildman–Crippen LogP) is 10.7. The molecule has 0 radical (unpaired) electrons. The molecule has 0 bridgehead atoms. The first-order chi connectivity index (χ1) is 24.2. The van der Waals surface area contributed by atoms with Gasteiger partial charge in [0.15, 0.2) is 0 Å². The van der Waals surface area contributed by atoms with Crippen molar-refractivity contribution in [3.63, 3.8) is 0 Å². The molecule has 0 amide bonds. The van der Waals surface area contributed by atoms with Crippen LogP contribution in [0.4, 0.5) is 4.39 Å². The molecule has 4 aromatic rings. The molecule has 2 unspecified atom stereocenters. The third-order valence-electron chi connectivity index (χ3n) is 7.48. The minimum absolute atomic E-state index is 0.136. The zero-order valence-electron chi connectivity index (χ0n) is 29.9. The van der Waals surface area contributed by atoms with E-state index in [1.165, 1.54) is 40.6 Å². The van der Waals surface area contributed by atoms with Crippen molar-refractivity contribution < 1.29 is 4.39 Å². The molecule has 6 heteroatoms. The van der Waals surface area contributed by atoms with Crippen molar-refractivity contribution >= 4 is 25.6 Å². The van der Waals surface area contributed by atoms with E-state index in [0.29, 0.717) is 11.8 Å². The Hall–Kier alpha value is -4.23. The number of aryl methyl sites for hydroxylation is 1. The molecule has 0 aromatic heterocycles. The molecule has 0 aliphatic carbocycles. The summed E-state index contributed by atoms with van der Waals surface area (Å²) < 4.78 is 12.5. The first-order valence-electron chi connectivity index (χ1n) is 16.7. The molecule has 0 fully saturated rings. The fraction of sp³-hybridized carbons (Fsp3) is 0.227. The summed E-state index contributed by atoms with van der Waals surface area (Å²) in [5.74, 6) is 6.78. The minimum atomic E-state index is -0.396. The zero-order valence-corrected chi connectivity index (χ0v) is 31.5. The van der Waals surface area contributed by atoms with E-state index in [0.717, 1.165) is 36.9 Å². The van der Waals surface area contributed by atoms with E-state index >= 15 is 0 Å². The number of rotatable bonds is 13. The van der Waals surface area contributed by atoms with Crippen LogP contribution in [0.15, 0.2) is 141 Å². The quantitative estimate of drug-likeness (QED) is 0.0736. The second-order valence-corrected chi connectivity index (χ2v) is 14.5. The minimum Gasteiger partial charge on any atom is -0.405 e. The highest BCUT2D eigenvalue weighted by Gasteiger charge is 2.15. The number of nitrogens with two attached hydrogens (primary N) is 1. The highest BCUT2D eigenvalue weighted by Crippen LogP contribution is 2.43. The lowest BCUT2D eigenvalue weighted by Gasteiger charge is -2.24. The number of halogens is 2. The van der Waals surface area contributed by atoms with Gasteiger partial charge in [-0.25, -0.2) is 4.39 Å². The van der Waals surface area contributed by atoms with Crippen LogP contribution >= 0.6 is 19.5 Å². The van der Waals surface area contributed by atoms with Crippen LogP contribution in [0, 0.1) is 17.7 Å². The van der Waals surface area contributed by atoms with Crippen molar-refractivity contribution in [2.45, 2.75) is 44.6 Å². The van der Waals surface area contributed by atoms with E-state index in [2.05, 4.69) is 152 Å². The van der Waals surface area contributed by atoms with Crippen LogP contribution in [0.25, 0.3) is 6.08 Å². The van der Waals surface area contributed by atoms with Gasteiger partial charge in [-0.05, 0) is 98.4 Å². The van der Waals surface area contributed by atoms with Crippen LogP contribution in [-0.4, -0.2) is 26.4 Å². The number of benzene rings is 4. The zero-order chi connectivity index (χ0) is 36.6. The molecule has 0 aliphatic rings. The maximum Gasteiger partial charge on any atom is 0.141 e. The summed E-state index contributed by atoms with van der Waals surface area (Å²) in [6.45, 7) is 14.3. The Balaban J connectivity index is 0.000000560. The largest absolute Gasteiger partial charge is 0.405 e. The van der Waals surface area contributed by atoms with Crippen LogP contribution in [0.5, 0.6) is 0 Å². The SMILES string of the molecule is C/C=C/C=C/C(Cc1cccc(C#CCCc2cccc(C(NCc3ccccc3)P(C)C)c2)c1)NC.C=CN.C=Cc1ccc(F)c(Cl)c1. The van der Waals surface area contributed by atoms with Crippen LogP contribution in [-0.2, 0) is 19.4 Å². The van der Waals surface area contributed by atoms with Crippen LogP contribution in [0.1, 0.15) is 52.5 Å². The molecule has 0 aliphatic heterocycles. The van der Waals surface area contributed by atoms with Crippen molar-refractivity contribution in [3.8, 4) is 11.8 Å². The highest BCUT2D eigenvalue weighted by molar-refractivity contribution is 7.56. The topological polar surface area (TPSA) is 50.1 Å². The summed E-state index contributed by atoms with van der Waals surface area (Å²) >= 11 is 5.47. The van der Waals surface area contributed by atoms with Crippen molar-refractivity contribution in [1.29, 1.82) is 0 Å². The molecule has 4 aromatic carbocycles. The summed E-state index contributed by atoms with van der Waals surface area (Å²) in [6, 6.07) is 33.1. The van der Waals surface area contributed by atoms with E-state index in [4.69, 9.17) is 11.6 Å². The molecular formula is C44H52ClFN3P. The Morgan fingerprint density at radius 2 is 1.60 bits per heavy atom. The predicted molar refractivity (Wildman–Crippen MR) is 219 cm³/mol. The Labute approximate surface area is 307 Å². The maximum atomic E-state index is 12.5. The summed E-state index contributed by atoms with van der Waals surface area (Å²) in [7, 11) is 1.84. The monoisotopic (exact) mass is 707 g/mol. The molecule has 0 saturated carbocycles. The van der Waals surface area contributed by atoms with E-state index in [9.17, 15) is 4.39 Å². The maximum absolute atomic E-state index is 12.5. The Bertz CT molecular complexity index is 1710. The van der Waals surface area contributed by atoms with Crippen LogP contribution in [0.2, 0.25) is 5.02 Å². The molecule has 2 atom stereocenters. The Kier molecular flexibility index (Phi) is 20.8. The number of likely N-dealkylation sites (N-methyl/N-ethyl adjacent to an activating group) is 1. The summed E-state index contributed by atoms with van der Waals surface area (Å²) in [5, 5.41) is 7.30. The van der Waals surface area contributed by atoms with Gasteiger partial charge in [0.2, 0.25) is 0 Å². The lowest BCUT2D eigenvalue weighted by atomic mass is 10.0. The van der Waals surface area contributed by atoms with Gasteiger partial charge in [-0.1, -0.05) is 148 Å². The molecule has 0 saturated heterocycles. The van der Waals surface area contributed by atoms with Gasteiger partial charge in [0, 0.05) is 24.6 Å². The van der Waals surface area contributed by atoms with Crippen molar-refractivity contribution in [2.75, 3.05) is 20.4 Å². The lowest BCUT2D eigenvalue weighted by molar-refractivity contribution is 0.628. The van der Waals surface area contributed by atoms with E-state index in [-0.39, 0.29) is 12.9 Å². The van der Waals surface area contributed by atoms with Crippen molar-refractivity contribution in [1.82, 2.24) is 10.6 Å². The molecule has 4 rings (SSSR count). The Morgan fingerprint density at radius 1 is 0.900 bits per heavy atom. The number of hydrogen-bond donors (Lipinski definition) is 3. The third kappa shape index (κ3) is 16.4. The molecule has 262 valence electrons. The average Bonchev–Trinajstić information content (AvgIpc) is 3.12. The van der Waals surface area contributed by atoms with E-state index in [1.807, 2.05) is 20.0 Å². The molecule has 0 heterocycles. The second kappa shape index (κ2) is 24.8. The van der Waals surface area contributed by atoms with Gasteiger partial charge in [0.25, 0.3) is 0 Å². The van der Waals surface area contributed by atoms with Gasteiger partial charge in [0.1, 0.15) is 5.82 Å². The van der Waals surface area contributed by atoms with Gasteiger partial charge >= 0.3 is 0 Å². The van der Waals surface area contributed by atoms with Crippen LogP contribution < -0.4 is 16.4 Å². The number of allylic oxidation sites excluding steroid dienone is 3. The van der Waals surface area contributed by atoms with Gasteiger partial charge in [0.05, 0.1) is 10.8 Å². The van der Waals surface area contributed by atoms with Gasteiger partial charge in [-0.3, -0.25) is 0 Å². The molecule has 4 N–H and O–H groups in total. The first-order valence-corrected chi connectivity index (χ1v) is 19.4. The fourth-order valence-electron chi connectivity index (χ4n) is 4.94. The third-order valence-corrected chi connectivity index (χ3v) is 9.28. The first kappa shape index (κ1) is 41.9. The summed E-state index contributed by atoms with van der Waals surface area (Å²) in [5.41, 5.74) is 11.9. The smallest absolute Gasteiger partial charge is 0.141 e. The van der Waals surface area contributed by atoms with Crippen molar-refractivity contribution in [2.24, 2.45) is 5.73 Å². The van der Waals surface area contributed by atoms with Gasteiger partial charge < -0.3 is 16.4 Å².